The molecule has 0 aromatic carbocycles. The average molecular weight is 431 g/mol. The van der Waals surface area contributed by atoms with Crippen molar-refractivity contribution in [3.05, 3.63) is 29.1 Å². The quantitative estimate of drug-likeness (QED) is 0.440. The number of carbonyl (C=O) groups excluding carboxylic acids is 3. The Balaban J connectivity index is 0.00000107. The van der Waals surface area contributed by atoms with Crippen LogP contribution in [0.2, 0.25) is 0 Å². The van der Waals surface area contributed by atoms with Gasteiger partial charge in [-0.1, -0.05) is 26.7 Å². The Morgan fingerprint density at radius 3 is 2.77 bits per heavy atom. The van der Waals surface area contributed by atoms with Gasteiger partial charge < -0.3 is 20.3 Å². The number of fused-ring (bicyclic) bond motifs is 1. The van der Waals surface area contributed by atoms with Gasteiger partial charge in [0.15, 0.2) is 0 Å². The first kappa shape index (κ1) is 25.0. The summed E-state index contributed by atoms with van der Waals surface area (Å²) in [5.74, 6) is 0.388. The topological polar surface area (TPSA) is 91.4 Å². The zero-order valence-corrected chi connectivity index (χ0v) is 19.3. The smallest absolute Gasteiger partial charge is 0.256 e. The first-order valence-corrected chi connectivity index (χ1v) is 11.7. The van der Waals surface area contributed by atoms with E-state index in [9.17, 15) is 14.4 Å². The Bertz CT molecular complexity index is 732. The molecule has 1 saturated heterocycles. The van der Waals surface area contributed by atoms with Gasteiger partial charge in [0.05, 0.1) is 17.8 Å². The van der Waals surface area contributed by atoms with Crippen LogP contribution in [0.1, 0.15) is 80.5 Å². The number of hydrogen-bond donors (Lipinski definition) is 2. The SMILES string of the molecule is CCC.CNC(=O)C(CCC=O)N1Cc2nc(CCCCC3CCNC3)ccc2C1=O. The average Bonchev–Trinajstić information content (AvgIpc) is 3.40. The highest BCUT2D eigenvalue weighted by molar-refractivity contribution is 6.00. The molecule has 0 bridgehead atoms. The van der Waals surface area contributed by atoms with E-state index in [0.29, 0.717) is 18.5 Å². The summed E-state index contributed by atoms with van der Waals surface area (Å²) in [4.78, 5) is 41.9. The fraction of sp³-hybridized carbons (Fsp3) is 0.667. The van der Waals surface area contributed by atoms with E-state index in [1.54, 1.807) is 7.05 Å². The number of nitrogens with zero attached hydrogens (tertiary/aromatic N) is 2. The molecular formula is C24H38N4O3. The molecule has 7 heteroatoms. The van der Waals surface area contributed by atoms with E-state index in [1.807, 2.05) is 12.1 Å². The fourth-order valence-corrected chi connectivity index (χ4v) is 4.16. The van der Waals surface area contributed by atoms with Crippen LogP contribution in [0.5, 0.6) is 0 Å². The van der Waals surface area contributed by atoms with Gasteiger partial charge in [-0.2, -0.15) is 0 Å². The number of aldehydes is 1. The van der Waals surface area contributed by atoms with Crippen molar-refractivity contribution in [3.63, 3.8) is 0 Å². The maximum atomic E-state index is 12.8. The van der Waals surface area contributed by atoms with Gasteiger partial charge in [0.2, 0.25) is 5.91 Å². The highest BCUT2D eigenvalue weighted by atomic mass is 16.2. The predicted molar refractivity (Wildman–Crippen MR) is 122 cm³/mol. The summed E-state index contributed by atoms with van der Waals surface area (Å²) in [7, 11) is 1.54. The zero-order valence-electron chi connectivity index (χ0n) is 19.3. The van der Waals surface area contributed by atoms with Gasteiger partial charge in [0, 0.05) is 19.2 Å². The van der Waals surface area contributed by atoms with Crippen LogP contribution in [-0.2, 0) is 22.6 Å². The molecule has 1 aromatic heterocycles. The normalized spacial score (nSPS) is 18.2. The monoisotopic (exact) mass is 430 g/mol. The lowest BCUT2D eigenvalue weighted by Crippen LogP contribution is -2.46. The lowest BCUT2D eigenvalue weighted by molar-refractivity contribution is -0.125. The minimum Gasteiger partial charge on any atom is -0.357 e. The number of rotatable bonds is 10. The summed E-state index contributed by atoms with van der Waals surface area (Å²) >= 11 is 0. The van der Waals surface area contributed by atoms with Crippen LogP contribution < -0.4 is 10.6 Å². The summed E-state index contributed by atoms with van der Waals surface area (Å²) in [5.41, 5.74) is 2.31. The number of unbranched alkanes of at least 4 members (excludes halogenated alkanes) is 1. The van der Waals surface area contributed by atoms with Crippen LogP contribution in [0.15, 0.2) is 12.1 Å². The number of nitrogens with one attached hydrogen (secondary N) is 2. The number of likely N-dealkylation sites (N-methyl/N-ethyl adjacent to an activating group) is 1. The summed E-state index contributed by atoms with van der Waals surface area (Å²) < 4.78 is 0. The molecule has 0 aliphatic carbocycles. The van der Waals surface area contributed by atoms with E-state index in [1.165, 1.54) is 30.6 Å². The molecule has 2 amide bonds. The largest absolute Gasteiger partial charge is 0.357 e. The van der Waals surface area contributed by atoms with E-state index in [0.717, 1.165) is 49.5 Å². The van der Waals surface area contributed by atoms with Crippen molar-refractivity contribution in [1.29, 1.82) is 0 Å². The second-order valence-corrected chi connectivity index (χ2v) is 8.42. The molecule has 3 rings (SSSR count). The molecular weight excluding hydrogens is 392 g/mol. The molecule has 0 saturated carbocycles. The number of aryl methyl sites for hydroxylation is 1. The van der Waals surface area contributed by atoms with Crippen molar-refractivity contribution in [2.24, 2.45) is 5.92 Å². The molecule has 172 valence electrons. The minimum absolute atomic E-state index is 0.178. The van der Waals surface area contributed by atoms with Crippen molar-refractivity contribution < 1.29 is 14.4 Å². The van der Waals surface area contributed by atoms with Crippen molar-refractivity contribution in [2.75, 3.05) is 20.1 Å². The van der Waals surface area contributed by atoms with Crippen molar-refractivity contribution in [2.45, 2.75) is 77.8 Å². The van der Waals surface area contributed by atoms with Crippen LogP contribution in [0.3, 0.4) is 0 Å². The lowest BCUT2D eigenvalue weighted by atomic mass is 10.00. The van der Waals surface area contributed by atoms with Gasteiger partial charge in [-0.15, -0.1) is 0 Å². The standard InChI is InChI=1S/C21H30N4O3.C3H8/c1-22-20(27)19(7-4-12-26)25-14-18-17(21(25)28)9-8-16(24-18)6-3-2-5-15-10-11-23-13-15;1-3-2/h8-9,12,15,19,23H,2-7,10-11,13-14H2,1H3,(H,22,27);3H2,1-2H3. The van der Waals surface area contributed by atoms with E-state index >= 15 is 0 Å². The third-order valence-electron chi connectivity index (χ3n) is 5.78. The first-order valence-electron chi connectivity index (χ1n) is 11.7. The summed E-state index contributed by atoms with van der Waals surface area (Å²) in [6.07, 6.45) is 8.34. The first-order chi connectivity index (χ1) is 15.0. The van der Waals surface area contributed by atoms with Crippen LogP contribution in [-0.4, -0.2) is 54.2 Å². The predicted octanol–water partition coefficient (Wildman–Crippen LogP) is 2.87. The van der Waals surface area contributed by atoms with Crippen molar-refractivity contribution in [1.82, 2.24) is 20.5 Å². The molecule has 2 N–H and O–H groups in total. The maximum Gasteiger partial charge on any atom is 0.256 e. The van der Waals surface area contributed by atoms with Crippen LogP contribution in [0, 0.1) is 5.92 Å². The Morgan fingerprint density at radius 1 is 1.35 bits per heavy atom. The highest BCUT2D eigenvalue weighted by Gasteiger charge is 2.36. The molecule has 7 nitrogen and oxygen atoms in total. The molecule has 0 spiro atoms. The summed E-state index contributed by atoms with van der Waals surface area (Å²) in [5, 5.41) is 6.00. The molecule has 2 unspecified atom stereocenters. The highest BCUT2D eigenvalue weighted by Crippen LogP contribution is 2.26. The summed E-state index contributed by atoms with van der Waals surface area (Å²) in [6, 6.07) is 3.12. The van der Waals surface area contributed by atoms with Crippen molar-refractivity contribution >= 4 is 18.1 Å². The Hall–Kier alpha value is -2.28. The van der Waals surface area contributed by atoms with Gasteiger partial charge >= 0.3 is 0 Å². The maximum absolute atomic E-state index is 12.8. The second kappa shape index (κ2) is 13.2. The van der Waals surface area contributed by atoms with E-state index in [4.69, 9.17) is 4.98 Å². The molecule has 0 radical (unpaired) electrons. The van der Waals surface area contributed by atoms with Gasteiger partial charge in [-0.05, 0) is 63.2 Å². The van der Waals surface area contributed by atoms with E-state index in [2.05, 4.69) is 24.5 Å². The minimum atomic E-state index is -0.639. The third kappa shape index (κ3) is 7.13. The lowest BCUT2D eigenvalue weighted by Gasteiger charge is -2.25. The summed E-state index contributed by atoms with van der Waals surface area (Å²) in [6.45, 7) is 6.86. The number of amides is 2. The number of carbonyl (C=O) groups is 3. The van der Waals surface area contributed by atoms with Gasteiger partial charge in [0.25, 0.3) is 5.91 Å². The number of aromatic nitrogens is 1. The molecule has 2 aliphatic rings. The van der Waals surface area contributed by atoms with Gasteiger partial charge in [0.1, 0.15) is 12.3 Å². The molecule has 2 atom stereocenters. The van der Waals surface area contributed by atoms with E-state index in [-0.39, 0.29) is 18.2 Å². The molecule has 1 fully saturated rings. The zero-order chi connectivity index (χ0) is 22.6. The van der Waals surface area contributed by atoms with Crippen LogP contribution in [0.25, 0.3) is 0 Å². The van der Waals surface area contributed by atoms with Gasteiger partial charge in [-0.3, -0.25) is 14.6 Å². The Labute approximate surface area is 186 Å². The molecule has 2 aliphatic heterocycles. The van der Waals surface area contributed by atoms with Crippen molar-refractivity contribution in [3.8, 4) is 0 Å². The Morgan fingerprint density at radius 2 is 2.13 bits per heavy atom. The van der Waals surface area contributed by atoms with E-state index < -0.39 is 6.04 Å². The fourth-order valence-electron chi connectivity index (χ4n) is 4.16. The molecule has 31 heavy (non-hydrogen) atoms. The second-order valence-electron chi connectivity index (χ2n) is 8.42. The molecule has 1 aromatic rings. The molecule has 3 heterocycles. The van der Waals surface area contributed by atoms with Crippen LogP contribution in [0.4, 0.5) is 0 Å². The van der Waals surface area contributed by atoms with Gasteiger partial charge in [-0.25, -0.2) is 0 Å². The number of hydrogen-bond acceptors (Lipinski definition) is 5. The Kier molecular flexibility index (Phi) is 10.6. The number of pyridine rings is 1. The van der Waals surface area contributed by atoms with Crippen LogP contribution >= 0.6 is 0 Å². The third-order valence-corrected chi connectivity index (χ3v) is 5.78.